The number of benzene rings is 2. The van der Waals surface area contributed by atoms with E-state index in [4.69, 9.17) is 5.73 Å². The molecule has 9 heteroatoms. The largest absolute Gasteiger partial charge is 0.416 e. The van der Waals surface area contributed by atoms with Crippen LogP contribution in [0.3, 0.4) is 0 Å². The first kappa shape index (κ1) is 23.1. The fraction of sp³-hybridized carbons (Fsp3) is 0.364. The number of para-hydroxylation sites is 1. The highest BCUT2D eigenvalue weighted by Gasteiger charge is 2.35. The third kappa shape index (κ3) is 6.48. The van der Waals surface area contributed by atoms with Gasteiger partial charge in [-0.05, 0) is 49.6 Å². The summed E-state index contributed by atoms with van der Waals surface area (Å²) in [5.74, 6) is -0.632. The predicted octanol–water partition coefficient (Wildman–Crippen LogP) is 4.45. The summed E-state index contributed by atoms with van der Waals surface area (Å²) in [6, 6.07) is 12.1. The van der Waals surface area contributed by atoms with Crippen molar-refractivity contribution in [3.8, 4) is 0 Å². The molecule has 3 rings (SSSR count). The average Bonchev–Trinajstić information content (AvgIpc) is 3.55. The van der Waals surface area contributed by atoms with Crippen molar-refractivity contribution in [2.45, 2.75) is 42.9 Å². The SMILES string of the molecule is CC(c1cccc(C(F)(F)F)c1)N(CC(=O)Nc1ccccc1SCC(N)=O)C1CC1. The molecule has 0 bridgehead atoms. The second-order valence-electron chi connectivity index (χ2n) is 7.50. The van der Waals surface area contributed by atoms with E-state index in [-0.39, 0.29) is 30.3 Å². The Balaban J connectivity index is 1.71. The maximum Gasteiger partial charge on any atom is 0.416 e. The Labute approximate surface area is 183 Å². The number of nitrogens with one attached hydrogen (secondary N) is 1. The van der Waals surface area contributed by atoms with Gasteiger partial charge in [0.05, 0.1) is 23.5 Å². The monoisotopic (exact) mass is 451 g/mol. The van der Waals surface area contributed by atoms with Gasteiger partial charge in [0.25, 0.3) is 0 Å². The normalized spacial score (nSPS) is 15.0. The van der Waals surface area contributed by atoms with Gasteiger partial charge in [-0.15, -0.1) is 11.8 Å². The summed E-state index contributed by atoms with van der Waals surface area (Å²) in [6.45, 7) is 1.87. The highest BCUT2D eigenvalue weighted by molar-refractivity contribution is 8.00. The molecule has 31 heavy (non-hydrogen) atoms. The molecule has 2 aromatic rings. The van der Waals surface area contributed by atoms with Gasteiger partial charge in [-0.25, -0.2) is 0 Å². The molecule has 3 N–H and O–H groups in total. The first-order chi connectivity index (χ1) is 14.6. The van der Waals surface area contributed by atoms with E-state index in [0.717, 1.165) is 29.9 Å². The van der Waals surface area contributed by atoms with Crippen molar-refractivity contribution in [3.63, 3.8) is 0 Å². The number of nitrogens with two attached hydrogens (primary N) is 1. The van der Waals surface area contributed by atoms with Crippen LogP contribution in [0.25, 0.3) is 0 Å². The number of hydrogen-bond acceptors (Lipinski definition) is 4. The Morgan fingerprint density at radius 2 is 1.90 bits per heavy atom. The molecule has 0 aliphatic heterocycles. The minimum Gasteiger partial charge on any atom is -0.369 e. The molecule has 0 aromatic heterocycles. The topological polar surface area (TPSA) is 75.4 Å². The van der Waals surface area contributed by atoms with Crippen LogP contribution in [0.4, 0.5) is 18.9 Å². The summed E-state index contributed by atoms with van der Waals surface area (Å²) >= 11 is 1.23. The van der Waals surface area contributed by atoms with Gasteiger partial charge in [-0.1, -0.05) is 24.3 Å². The molecule has 1 atom stereocenters. The van der Waals surface area contributed by atoms with E-state index in [1.165, 1.54) is 17.8 Å². The molecular formula is C22H24F3N3O2S. The van der Waals surface area contributed by atoms with Crippen LogP contribution >= 0.6 is 11.8 Å². The third-order valence-corrected chi connectivity index (χ3v) is 6.16. The number of nitrogens with zero attached hydrogens (tertiary/aromatic N) is 1. The van der Waals surface area contributed by atoms with Crippen LogP contribution in [0.15, 0.2) is 53.4 Å². The van der Waals surface area contributed by atoms with E-state index in [9.17, 15) is 22.8 Å². The van der Waals surface area contributed by atoms with Gasteiger partial charge in [0.1, 0.15) is 0 Å². The standard InChI is InChI=1S/C22H24F3N3O2S/c1-14(15-5-4-6-16(11-15)22(23,24)25)28(17-9-10-17)12-21(30)27-18-7-2-3-8-19(18)31-13-20(26)29/h2-8,11,14,17H,9-10,12-13H2,1H3,(H2,26,29)(H,27,30). The number of alkyl halides is 3. The summed E-state index contributed by atoms with van der Waals surface area (Å²) in [5.41, 5.74) is 5.59. The molecule has 166 valence electrons. The summed E-state index contributed by atoms with van der Waals surface area (Å²) < 4.78 is 39.3. The van der Waals surface area contributed by atoms with Crippen molar-refractivity contribution in [1.29, 1.82) is 0 Å². The Kier molecular flexibility index (Phi) is 7.27. The number of carbonyl (C=O) groups is 2. The number of carbonyl (C=O) groups excluding carboxylic acids is 2. The van der Waals surface area contributed by atoms with Gasteiger partial charge in [-0.2, -0.15) is 13.2 Å². The zero-order valence-electron chi connectivity index (χ0n) is 17.0. The molecule has 2 aromatic carbocycles. The molecule has 1 fully saturated rings. The summed E-state index contributed by atoms with van der Waals surface area (Å²) in [7, 11) is 0. The number of thioether (sulfide) groups is 1. The minimum absolute atomic E-state index is 0.0525. The number of amides is 2. The highest BCUT2D eigenvalue weighted by Crippen LogP contribution is 2.36. The summed E-state index contributed by atoms with van der Waals surface area (Å²) in [4.78, 5) is 26.5. The van der Waals surface area contributed by atoms with Crippen LogP contribution in [-0.2, 0) is 15.8 Å². The molecule has 0 heterocycles. The van der Waals surface area contributed by atoms with Gasteiger partial charge in [0, 0.05) is 17.0 Å². The van der Waals surface area contributed by atoms with Crippen LogP contribution in [0.2, 0.25) is 0 Å². The minimum atomic E-state index is -4.41. The Hall–Kier alpha value is -2.52. The zero-order chi connectivity index (χ0) is 22.6. The predicted molar refractivity (Wildman–Crippen MR) is 115 cm³/mol. The van der Waals surface area contributed by atoms with Crippen molar-refractivity contribution >= 4 is 29.3 Å². The molecule has 1 unspecified atom stereocenters. The van der Waals surface area contributed by atoms with Gasteiger partial charge >= 0.3 is 6.18 Å². The third-order valence-electron chi connectivity index (χ3n) is 5.07. The molecule has 0 spiro atoms. The van der Waals surface area contributed by atoms with E-state index >= 15 is 0 Å². The van der Waals surface area contributed by atoms with E-state index in [1.807, 2.05) is 11.8 Å². The molecule has 2 amide bonds. The van der Waals surface area contributed by atoms with Crippen LogP contribution in [0.1, 0.15) is 36.9 Å². The van der Waals surface area contributed by atoms with Crippen molar-refractivity contribution in [3.05, 3.63) is 59.7 Å². The second kappa shape index (κ2) is 9.74. The van der Waals surface area contributed by atoms with Crippen molar-refractivity contribution in [2.24, 2.45) is 5.73 Å². The van der Waals surface area contributed by atoms with Gasteiger partial charge in [0.15, 0.2) is 0 Å². The van der Waals surface area contributed by atoms with Gasteiger partial charge in [0.2, 0.25) is 11.8 Å². The number of rotatable bonds is 9. The quantitative estimate of drug-likeness (QED) is 0.553. The van der Waals surface area contributed by atoms with Crippen molar-refractivity contribution in [2.75, 3.05) is 17.6 Å². The molecule has 0 radical (unpaired) electrons. The lowest BCUT2D eigenvalue weighted by molar-refractivity contribution is -0.137. The number of halogens is 3. The van der Waals surface area contributed by atoms with E-state index in [1.54, 1.807) is 30.3 Å². The van der Waals surface area contributed by atoms with Crippen molar-refractivity contribution < 1.29 is 22.8 Å². The van der Waals surface area contributed by atoms with Gasteiger partial charge in [-0.3, -0.25) is 14.5 Å². The Morgan fingerprint density at radius 1 is 1.19 bits per heavy atom. The summed E-state index contributed by atoms with van der Waals surface area (Å²) in [5, 5.41) is 2.86. The van der Waals surface area contributed by atoms with E-state index < -0.39 is 17.6 Å². The fourth-order valence-electron chi connectivity index (χ4n) is 3.35. The lowest BCUT2D eigenvalue weighted by Gasteiger charge is -2.29. The first-order valence-corrected chi connectivity index (χ1v) is 10.9. The maximum atomic E-state index is 13.1. The molecule has 5 nitrogen and oxygen atoms in total. The molecular weight excluding hydrogens is 427 g/mol. The van der Waals surface area contributed by atoms with Crippen LogP contribution < -0.4 is 11.1 Å². The zero-order valence-corrected chi connectivity index (χ0v) is 17.8. The molecule has 1 saturated carbocycles. The fourth-order valence-corrected chi connectivity index (χ4v) is 4.10. The molecule has 1 aliphatic carbocycles. The van der Waals surface area contributed by atoms with Crippen LogP contribution in [0, 0.1) is 0 Å². The number of primary amides is 1. The molecule has 0 saturated heterocycles. The number of hydrogen-bond donors (Lipinski definition) is 2. The maximum absolute atomic E-state index is 13.1. The first-order valence-electron chi connectivity index (χ1n) is 9.88. The van der Waals surface area contributed by atoms with Gasteiger partial charge < -0.3 is 11.1 Å². The Morgan fingerprint density at radius 3 is 2.55 bits per heavy atom. The smallest absolute Gasteiger partial charge is 0.369 e. The van der Waals surface area contributed by atoms with Crippen LogP contribution in [0.5, 0.6) is 0 Å². The van der Waals surface area contributed by atoms with E-state index in [0.29, 0.717) is 11.3 Å². The Bertz CT molecular complexity index is 948. The lowest BCUT2D eigenvalue weighted by Crippen LogP contribution is -2.37. The van der Waals surface area contributed by atoms with Crippen LogP contribution in [-0.4, -0.2) is 35.1 Å². The number of anilines is 1. The highest BCUT2D eigenvalue weighted by atomic mass is 32.2. The van der Waals surface area contributed by atoms with Crippen molar-refractivity contribution in [1.82, 2.24) is 4.90 Å². The lowest BCUT2D eigenvalue weighted by atomic mass is 10.0. The average molecular weight is 452 g/mol. The summed E-state index contributed by atoms with van der Waals surface area (Å²) in [6.07, 6.45) is -2.60. The second-order valence-corrected chi connectivity index (χ2v) is 8.52. The molecule has 1 aliphatic rings. The van der Waals surface area contributed by atoms with E-state index in [2.05, 4.69) is 5.32 Å².